The fraction of sp³-hybridized carbons (Fsp3) is 0.214. The molecule has 1 heterocycles. The highest BCUT2D eigenvalue weighted by Crippen LogP contribution is 2.16. The maximum absolute atomic E-state index is 12.2. The molecule has 0 saturated carbocycles. The molecule has 1 aromatic carbocycles. The van der Waals surface area contributed by atoms with Crippen LogP contribution < -0.4 is 16.0 Å². The molecule has 2 rings (SSSR count). The molecule has 112 valence electrons. The van der Waals surface area contributed by atoms with Gasteiger partial charge < -0.3 is 5.43 Å². The van der Waals surface area contributed by atoms with E-state index in [9.17, 15) is 8.42 Å². The van der Waals surface area contributed by atoms with Crippen LogP contribution in [-0.4, -0.2) is 13.4 Å². The number of hydrazine groups is 1. The molecule has 0 aliphatic carbocycles. The van der Waals surface area contributed by atoms with E-state index in [1.165, 1.54) is 11.8 Å². The number of aromatic nitrogens is 1. The number of anilines is 1. The van der Waals surface area contributed by atoms with Gasteiger partial charge in [0, 0.05) is 12.7 Å². The summed E-state index contributed by atoms with van der Waals surface area (Å²) in [4.78, 5) is 3.87. The monoisotopic (exact) mass is 306 g/mol. The van der Waals surface area contributed by atoms with Crippen molar-refractivity contribution in [2.75, 3.05) is 5.43 Å². The quantitative estimate of drug-likeness (QED) is 0.554. The minimum absolute atomic E-state index is 0.113. The van der Waals surface area contributed by atoms with Crippen LogP contribution in [0.25, 0.3) is 0 Å². The van der Waals surface area contributed by atoms with Gasteiger partial charge in [-0.2, -0.15) is 0 Å². The van der Waals surface area contributed by atoms with E-state index in [1.54, 1.807) is 12.1 Å². The molecule has 0 fully saturated rings. The third-order valence-corrected chi connectivity index (χ3v) is 4.44. The van der Waals surface area contributed by atoms with Gasteiger partial charge in [-0.25, -0.2) is 18.1 Å². The highest BCUT2D eigenvalue weighted by Gasteiger charge is 2.19. The molecular weight excluding hydrogens is 288 g/mol. The van der Waals surface area contributed by atoms with Crippen molar-refractivity contribution < 1.29 is 8.42 Å². The van der Waals surface area contributed by atoms with Crippen molar-refractivity contribution in [3.63, 3.8) is 0 Å². The molecule has 0 bridgehead atoms. The number of hydrogen-bond acceptors (Lipinski definition) is 5. The van der Waals surface area contributed by atoms with Crippen LogP contribution in [0.4, 0.5) is 5.69 Å². The summed E-state index contributed by atoms with van der Waals surface area (Å²) in [6.07, 6.45) is 2.36. The van der Waals surface area contributed by atoms with Crippen LogP contribution in [-0.2, 0) is 23.0 Å². The number of pyridine rings is 1. The Morgan fingerprint density at radius 2 is 1.81 bits per heavy atom. The lowest BCUT2D eigenvalue weighted by molar-refractivity contribution is 0.578. The van der Waals surface area contributed by atoms with E-state index in [-0.39, 0.29) is 17.3 Å². The molecular formula is C14H18N4O2S. The number of nitrogens with zero attached hydrogens (tertiary/aromatic N) is 1. The molecule has 7 heteroatoms. The van der Waals surface area contributed by atoms with Crippen molar-refractivity contribution in [1.82, 2.24) is 9.71 Å². The second-order valence-electron chi connectivity index (χ2n) is 4.50. The number of aryl methyl sites for hydroxylation is 1. The van der Waals surface area contributed by atoms with E-state index in [0.717, 1.165) is 12.0 Å². The van der Waals surface area contributed by atoms with Crippen molar-refractivity contribution in [3.05, 3.63) is 53.7 Å². The summed E-state index contributed by atoms with van der Waals surface area (Å²) in [7, 11) is -3.72. The summed E-state index contributed by atoms with van der Waals surface area (Å²) in [5, 5.41) is -0.113. The Bertz CT molecular complexity index is 699. The lowest BCUT2D eigenvalue weighted by Crippen LogP contribution is -2.26. The summed E-state index contributed by atoms with van der Waals surface area (Å²) in [6.45, 7) is 2.27. The average molecular weight is 306 g/mol. The highest BCUT2D eigenvalue weighted by molar-refractivity contribution is 7.89. The Morgan fingerprint density at radius 1 is 1.14 bits per heavy atom. The Labute approximate surface area is 124 Å². The van der Waals surface area contributed by atoms with E-state index < -0.39 is 10.0 Å². The van der Waals surface area contributed by atoms with Crippen LogP contribution in [0.1, 0.15) is 18.1 Å². The average Bonchev–Trinajstić information content (AvgIpc) is 2.53. The first-order valence-electron chi connectivity index (χ1n) is 6.56. The van der Waals surface area contributed by atoms with E-state index in [2.05, 4.69) is 22.1 Å². The number of benzene rings is 1. The van der Waals surface area contributed by atoms with Crippen LogP contribution in [0.2, 0.25) is 0 Å². The van der Waals surface area contributed by atoms with Crippen molar-refractivity contribution in [2.45, 2.75) is 24.9 Å². The van der Waals surface area contributed by atoms with Gasteiger partial charge in [-0.05, 0) is 29.7 Å². The molecule has 4 N–H and O–H groups in total. The van der Waals surface area contributed by atoms with Gasteiger partial charge in [-0.1, -0.05) is 31.2 Å². The van der Waals surface area contributed by atoms with Gasteiger partial charge in [-0.3, -0.25) is 5.84 Å². The van der Waals surface area contributed by atoms with Crippen molar-refractivity contribution >= 4 is 15.7 Å². The summed E-state index contributed by atoms with van der Waals surface area (Å²) >= 11 is 0. The molecule has 0 aliphatic heterocycles. The third-order valence-electron chi connectivity index (χ3n) is 3.08. The molecule has 0 amide bonds. The van der Waals surface area contributed by atoms with E-state index in [1.807, 2.05) is 24.3 Å². The lowest BCUT2D eigenvalue weighted by atomic mass is 10.1. The van der Waals surface area contributed by atoms with E-state index >= 15 is 0 Å². The SMILES string of the molecule is CCc1ccc(CNS(=O)(=O)c2ncccc2NN)cc1. The molecule has 0 unspecified atom stereocenters. The largest absolute Gasteiger partial charge is 0.321 e. The van der Waals surface area contributed by atoms with Crippen LogP contribution in [0.3, 0.4) is 0 Å². The minimum atomic E-state index is -3.72. The number of nitrogen functional groups attached to an aromatic ring is 1. The number of nitrogens with one attached hydrogen (secondary N) is 2. The Morgan fingerprint density at radius 3 is 2.43 bits per heavy atom. The number of rotatable bonds is 6. The fourth-order valence-corrected chi connectivity index (χ4v) is 2.96. The molecule has 2 aromatic rings. The molecule has 0 saturated heterocycles. The van der Waals surface area contributed by atoms with Crippen molar-refractivity contribution in [3.8, 4) is 0 Å². The van der Waals surface area contributed by atoms with Gasteiger partial charge in [0.2, 0.25) is 0 Å². The fourth-order valence-electron chi connectivity index (χ4n) is 1.85. The third kappa shape index (κ3) is 3.78. The van der Waals surface area contributed by atoms with Gasteiger partial charge in [-0.15, -0.1) is 0 Å². The summed E-state index contributed by atoms with van der Waals surface area (Å²) < 4.78 is 27.0. The number of hydrogen-bond donors (Lipinski definition) is 3. The van der Waals surface area contributed by atoms with Crippen LogP contribution in [0.15, 0.2) is 47.6 Å². The normalized spacial score (nSPS) is 11.3. The van der Waals surface area contributed by atoms with Crippen molar-refractivity contribution in [1.29, 1.82) is 0 Å². The van der Waals surface area contributed by atoms with Crippen LogP contribution in [0, 0.1) is 0 Å². The van der Waals surface area contributed by atoms with E-state index in [4.69, 9.17) is 5.84 Å². The second kappa shape index (κ2) is 6.66. The van der Waals surface area contributed by atoms with Crippen molar-refractivity contribution in [2.24, 2.45) is 5.84 Å². The first-order chi connectivity index (χ1) is 10.1. The number of nitrogens with two attached hydrogens (primary N) is 1. The molecule has 6 nitrogen and oxygen atoms in total. The van der Waals surface area contributed by atoms with Crippen LogP contribution >= 0.6 is 0 Å². The zero-order valence-electron chi connectivity index (χ0n) is 11.7. The molecule has 0 spiro atoms. The Hall–Kier alpha value is -1.96. The van der Waals surface area contributed by atoms with Gasteiger partial charge in [0.05, 0.1) is 5.69 Å². The standard InChI is InChI=1S/C14H18N4O2S/c1-2-11-5-7-12(8-6-11)10-17-21(19,20)14-13(18-15)4-3-9-16-14/h3-9,17-18H,2,10,15H2,1H3. The topological polar surface area (TPSA) is 97.1 Å². The van der Waals surface area contributed by atoms with Gasteiger partial charge in [0.25, 0.3) is 10.0 Å². The predicted octanol–water partition coefficient (Wildman–Crippen LogP) is 1.41. The Balaban J connectivity index is 2.13. The molecule has 1 aromatic heterocycles. The second-order valence-corrected chi connectivity index (χ2v) is 6.18. The predicted molar refractivity (Wildman–Crippen MR) is 81.9 cm³/mol. The van der Waals surface area contributed by atoms with Crippen LogP contribution in [0.5, 0.6) is 0 Å². The zero-order chi connectivity index (χ0) is 15.3. The minimum Gasteiger partial charge on any atom is -0.321 e. The Kier molecular flexibility index (Phi) is 4.89. The maximum atomic E-state index is 12.2. The zero-order valence-corrected chi connectivity index (χ0v) is 12.5. The summed E-state index contributed by atoms with van der Waals surface area (Å²) in [5.74, 6) is 5.30. The lowest BCUT2D eigenvalue weighted by Gasteiger charge is -2.10. The first kappa shape index (κ1) is 15.4. The molecule has 21 heavy (non-hydrogen) atoms. The maximum Gasteiger partial charge on any atom is 0.260 e. The number of sulfonamides is 1. The van der Waals surface area contributed by atoms with Gasteiger partial charge in [0.1, 0.15) is 0 Å². The molecule has 0 aliphatic rings. The highest BCUT2D eigenvalue weighted by atomic mass is 32.2. The molecule has 0 radical (unpaired) electrons. The first-order valence-corrected chi connectivity index (χ1v) is 8.04. The smallest absolute Gasteiger partial charge is 0.260 e. The van der Waals surface area contributed by atoms with E-state index in [0.29, 0.717) is 0 Å². The van der Waals surface area contributed by atoms with Gasteiger partial charge in [0.15, 0.2) is 5.03 Å². The summed E-state index contributed by atoms with van der Waals surface area (Å²) in [5.41, 5.74) is 4.68. The van der Waals surface area contributed by atoms with Gasteiger partial charge >= 0.3 is 0 Å². The molecule has 0 atom stereocenters. The summed E-state index contributed by atoms with van der Waals surface area (Å²) in [6, 6.07) is 10.9.